The first kappa shape index (κ1) is 11.3. The van der Waals surface area contributed by atoms with Crippen molar-refractivity contribution in [2.75, 3.05) is 19.3 Å². The Kier molecular flexibility index (Phi) is 2.87. The molecule has 1 amide bonds. The van der Waals surface area contributed by atoms with Gasteiger partial charge in [0.2, 0.25) is 0 Å². The molecule has 3 N–H and O–H groups in total. The van der Waals surface area contributed by atoms with E-state index in [-0.39, 0.29) is 5.91 Å². The number of fused-ring (bicyclic) bond motifs is 1. The molecular formula is C13H15N3O. The van der Waals surface area contributed by atoms with Crippen molar-refractivity contribution in [1.29, 1.82) is 0 Å². The zero-order valence-electron chi connectivity index (χ0n) is 9.73. The van der Waals surface area contributed by atoms with Crippen LogP contribution in [0.15, 0.2) is 37.1 Å². The molecule has 88 valence electrons. The summed E-state index contributed by atoms with van der Waals surface area (Å²) in [7, 11) is 1.75. The fourth-order valence-corrected chi connectivity index (χ4v) is 1.80. The predicted octanol–water partition coefficient (Wildman–Crippen LogP) is 2.01. The molecule has 1 aromatic carbocycles. The zero-order chi connectivity index (χ0) is 12.4. The topological polar surface area (TPSA) is 62.1 Å². The fourth-order valence-electron chi connectivity index (χ4n) is 1.80. The maximum atomic E-state index is 12.1. The molecule has 0 atom stereocenters. The van der Waals surface area contributed by atoms with Crippen LogP contribution in [0.3, 0.4) is 0 Å². The fraction of sp³-hybridized carbons (Fsp3) is 0.154. The van der Waals surface area contributed by atoms with Crippen molar-refractivity contribution in [3.8, 4) is 0 Å². The maximum Gasteiger partial charge on any atom is 0.256 e. The average molecular weight is 229 g/mol. The molecule has 0 aliphatic carbocycles. The smallest absolute Gasteiger partial charge is 0.256 e. The van der Waals surface area contributed by atoms with Crippen molar-refractivity contribution in [3.63, 3.8) is 0 Å². The van der Waals surface area contributed by atoms with Crippen molar-refractivity contribution in [3.05, 3.63) is 42.6 Å². The van der Waals surface area contributed by atoms with Crippen molar-refractivity contribution < 1.29 is 4.79 Å². The van der Waals surface area contributed by atoms with Gasteiger partial charge < -0.3 is 15.6 Å². The quantitative estimate of drug-likeness (QED) is 0.624. The molecule has 0 radical (unpaired) electrons. The van der Waals surface area contributed by atoms with Crippen molar-refractivity contribution in [2.24, 2.45) is 0 Å². The Labute approximate surface area is 99.7 Å². The summed E-state index contributed by atoms with van der Waals surface area (Å²) in [5, 5.41) is 0.889. The minimum atomic E-state index is -0.0269. The highest BCUT2D eigenvalue weighted by atomic mass is 16.2. The number of carbonyl (C=O) groups is 1. The lowest BCUT2D eigenvalue weighted by molar-refractivity contribution is 0.0812. The number of benzene rings is 1. The number of hydrogen-bond donors (Lipinski definition) is 2. The third kappa shape index (κ3) is 2.01. The van der Waals surface area contributed by atoms with E-state index in [2.05, 4.69) is 11.6 Å². The van der Waals surface area contributed by atoms with Gasteiger partial charge >= 0.3 is 0 Å². The molecule has 0 saturated carbocycles. The Morgan fingerprint density at radius 1 is 1.59 bits per heavy atom. The summed E-state index contributed by atoms with van der Waals surface area (Å²) in [6.45, 7) is 4.15. The lowest BCUT2D eigenvalue weighted by atomic mass is 10.1. The van der Waals surface area contributed by atoms with Gasteiger partial charge in [-0.25, -0.2) is 0 Å². The number of nitrogen functional groups attached to an aromatic ring is 1. The highest BCUT2D eigenvalue weighted by molar-refractivity contribution is 6.07. The highest BCUT2D eigenvalue weighted by Gasteiger charge is 2.15. The normalized spacial score (nSPS) is 10.4. The molecule has 1 aromatic heterocycles. The first-order valence-corrected chi connectivity index (χ1v) is 5.36. The van der Waals surface area contributed by atoms with Gasteiger partial charge in [0, 0.05) is 36.4 Å². The number of amides is 1. The number of nitrogens with one attached hydrogen (secondary N) is 1. The van der Waals surface area contributed by atoms with Gasteiger partial charge in [-0.15, -0.1) is 6.58 Å². The van der Waals surface area contributed by atoms with E-state index in [1.807, 2.05) is 12.1 Å². The van der Waals surface area contributed by atoms with Crippen molar-refractivity contribution >= 4 is 22.5 Å². The van der Waals surface area contributed by atoms with E-state index in [9.17, 15) is 4.79 Å². The van der Waals surface area contributed by atoms with Crippen LogP contribution in [-0.4, -0.2) is 29.4 Å². The number of anilines is 1. The number of likely N-dealkylation sites (N-methyl/N-ethyl adjacent to an activating group) is 1. The van der Waals surface area contributed by atoms with Crippen LogP contribution in [-0.2, 0) is 0 Å². The molecule has 0 aliphatic heterocycles. The standard InChI is InChI=1S/C13H15N3O/c1-3-6-16(2)13(17)11-8-15-12-7-9(14)4-5-10(11)12/h3-5,7-8,15H,1,6,14H2,2H3. The van der Waals surface area contributed by atoms with Crippen LogP contribution in [0.4, 0.5) is 5.69 Å². The van der Waals surface area contributed by atoms with Crippen LogP contribution in [0.5, 0.6) is 0 Å². The number of nitrogens with zero attached hydrogens (tertiary/aromatic N) is 1. The molecule has 1 heterocycles. The SMILES string of the molecule is C=CCN(C)C(=O)c1c[nH]c2cc(N)ccc12. The van der Waals surface area contributed by atoms with E-state index in [1.165, 1.54) is 0 Å². The van der Waals surface area contributed by atoms with Crippen LogP contribution in [0.1, 0.15) is 10.4 Å². The molecule has 2 aromatic rings. The molecule has 4 nitrogen and oxygen atoms in total. The second-order valence-corrected chi connectivity index (χ2v) is 3.98. The molecule has 0 fully saturated rings. The number of rotatable bonds is 3. The number of hydrogen-bond acceptors (Lipinski definition) is 2. The second-order valence-electron chi connectivity index (χ2n) is 3.98. The molecule has 2 rings (SSSR count). The number of carbonyl (C=O) groups excluding carboxylic acids is 1. The van der Waals surface area contributed by atoms with Gasteiger partial charge in [-0.05, 0) is 18.2 Å². The van der Waals surface area contributed by atoms with Gasteiger partial charge in [-0.3, -0.25) is 4.79 Å². The van der Waals surface area contributed by atoms with Gasteiger partial charge in [0.25, 0.3) is 5.91 Å². The molecule has 17 heavy (non-hydrogen) atoms. The van der Waals surface area contributed by atoms with Crippen LogP contribution in [0, 0.1) is 0 Å². The summed E-state index contributed by atoms with van der Waals surface area (Å²) in [5.41, 5.74) is 7.90. The summed E-state index contributed by atoms with van der Waals surface area (Å²) in [5.74, 6) is -0.0269. The predicted molar refractivity (Wildman–Crippen MR) is 69.9 cm³/mol. The molecule has 0 aliphatic rings. The molecule has 4 heteroatoms. The van der Waals surface area contributed by atoms with Crippen molar-refractivity contribution in [2.45, 2.75) is 0 Å². The molecule has 0 spiro atoms. The summed E-state index contributed by atoms with van der Waals surface area (Å²) in [4.78, 5) is 16.8. The van der Waals surface area contributed by atoms with E-state index in [4.69, 9.17) is 5.73 Å². The Hall–Kier alpha value is -2.23. The summed E-state index contributed by atoms with van der Waals surface area (Å²) < 4.78 is 0. The zero-order valence-corrected chi connectivity index (χ0v) is 9.73. The van der Waals surface area contributed by atoms with E-state index < -0.39 is 0 Å². The maximum absolute atomic E-state index is 12.1. The third-order valence-electron chi connectivity index (χ3n) is 2.69. The van der Waals surface area contributed by atoms with Gasteiger partial charge in [-0.2, -0.15) is 0 Å². The lowest BCUT2D eigenvalue weighted by Gasteiger charge is -2.13. The summed E-state index contributed by atoms with van der Waals surface area (Å²) in [6.07, 6.45) is 3.41. The molecule has 0 bridgehead atoms. The number of aromatic amines is 1. The Balaban J connectivity index is 2.42. The Bertz CT molecular complexity index is 571. The van der Waals surface area contributed by atoms with Crippen LogP contribution < -0.4 is 5.73 Å². The molecular weight excluding hydrogens is 214 g/mol. The van der Waals surface area contributed by atoms with E-state index in [0.29, 0.717) is 17.8 Å². The number of aromatic nitrogens is 1. The number of nitrogens with two attached hydrogens (primary N) is 1. The highest BCUT2D eigenvalue weighted by Crippen LogP contribution is 2.21. The van der Waals surface area contributed by atoms with Gasteiger partial charge in [0.15, 0.2) is 0 Å². The second kappa shape index (κ2) is 4.33. The average Bonchev–Trinajstić information content (AvgIpc) is 2.71. The summed E-state index contributed by atoms with van der Waals surface area (Å²) in [6, 6.07) is 5.47. The minimum absolute atomic E-state index is 0.0269. The van der Waals surface area contributed by atoms with E-state index in [0.717, 1.165) is 10.9 Å². The first-order valence-electron chi connectivity index (χ1n) is 5.36. The van der Waals surface area contributed by atoms with Crippen LogP contribution >= 0.6 is 0 Å². The van der Waals surface area contributed by atoms with Crippen molar-refractivity contribution in [1.82, 2.24) is 9.88 Å². The van der Waals surface area contributed by atoms with Gasteiger partial charge in [-0.1, -0.05) is 6.08 Å². The van der Waals surface area contributed by atoms with Crippen LogP contribution in [0.2, 0.25) is 0 Å². The van der Waals surface area contributed by atoms with E-state index >= 15 is 0 Å². The van der Waals surface area contributed by atoms with Gasteiger partial charge in [0.1, 0.15) is 0 Å². The monoisotopic (exact) mass is 229 g/mol. The number of H-pyrrole nitrogens is 1. The third-order valence-corrected chi connectivity index (χ3v) is 2.69. The van der Waals surface area contributed by atoms with Crippen LogP contribution in [0.25, 0.3) is 10.9 Å². The van der Waals surface area contributed by atoms with E-state index in [1.54, 1.807) is 30.3 Å². The molecule has 0 saturated heterocycles. The summed E-state index contributed by atoms with van der Waals surface area (Å²) >= 11 is 0. The van der Waals surface area contributed by atoms with Gasteiger partial charge in [0.05, 0.1) is 5.56 Å². The first-order chi connectivity index (χ1) is 8.13. The lowest BCUT2D eigenvalue weighted by Crippen LogP contribution is -2.26. The minimum Gasteiger partial charge on any atom is -0.399 e. The Morgan fingerprint density at radius 2 is 2.35 bits per heavy atom. The largest absolute Gasteiger partial charge is 0.399 e. The Morgan fingerprint density at radius 3 is 3.06 bits per heavy atom. The molecule has 0 unspecified atom stereocenters.